The Morgan fingerprint density at radius 3 is 2.59 bits per heavy atom. The van der Waals surface area contributed by atoms with Crippen LogP contribution in [0.1, 0.15) is 27.6 Å². The molecule has 0 aliphatic rings. The average Bonchev–Trinajstić information content (AvgIpc) is 2.96. The molecule has 0 unspecified atom stereocenters. The number of aromatic nitrogens is 1. The summed E-state index contributed by atoms with van der Waals surface area (Å²) in [6, 6.07) is 5.51. The van der Waals surface area contributed by atoms with E-state index in [1.54, 1.807) is 39.2 Å². The Bertz CT molecular complexity index is 841. The highest BCUT2D eigenvalue weighted by molar-refractivity contribution is 6.12. The van der Waals surface area contributed by atoms with Crippen LogP contribution in [0.25, 0.3) is 11.0 Å². The molecule has 0 spiro atoms. The van der Waals surface area contributed by atoms with Gasteiger partial charge < -0.3 is 13.6 Å². The Balaban J connectivity index is 2.01. The fourth-order valence-electron chi connectivity index (χ4n) is 2.29. The quantitative estimate of drug-likeness (QED) is 0.799. The van der Waals surface area contributed by atoms with E-state index in [1.807, 2.05) is 6.92 Å². The number of nitrogens with one attached hydrogen (secondary N) is 1. The maximum atomic E-state index is 12.5. The summed E-state index contributed by atoms with van der Waals surface area (Å²) < 4.78 is 16.2. The standard InChI is InChI=1S/C16H16N2O4/c1-8-9(2)22-16(17-8)18-15(19)14-10(3)21-13-6-5-11(20-4)7-12(13)14/h5-7H,1-4H3,(H,17,18,19). The second-order valence-electron chi connectivity index (χ2n) is 5.01. The van der Waals surface area contributed by atoms with Crippen LogP contribution in [0.5, 0.6) is 5.75 Å². The third-order valence-corrected chi connectivity index (χ3v) is 3.55. The highest BCUT2D eigenvalue weighted by atomic mass is 16.5. The molecular weight excluding hydrogens is 284 g/mol. The molecule has 0 saturated heterocycles. The van der Waals surface area contributed by atoms with Crippen LogP contribution in [0.4, 0.5) is 6.01 Å². The fraction of sp³-hybridized carbons (Fsp3) is 0.250. The zero-order valence-electron chi connectivity index (χ0n) is 12.8. The second kappa shape index (κ2) is 5.22. The first-order valence-corrected chi connectivity index (χ1v) is 6.82. The van der Waals surface area contributed by atoms with E-state index < -0.39 is 0 Å². The van der Waals surface area contributed by atoms with Crippen LogP contribution in [-0.2, 0) is 0 Å². The van der Waals surface area contributed by atoms with E-state index in [9.17, 15) is 4.79 Å². The van der Waals surface area contributed by atoms with Gasteiger partial charge in [0.1, 0.15) is 22.9 Å². The number of rotatable bonds is 3. The molecule has 0 bridgehead atoms. The maximum absolute atomic E-state index is 12.5. The number of hydrogen-bond donors (Lipinski definition) is 1. The lowest BCUT2D eigenvalue weighted by Gasteiger charge is -2.01. The predicted octanol–water partition coefficient (Wildman–Crippen LogP) is 3.61. The van der Waals surface area contributed by atoms with Crippen LogP contribution in [0.2, 0.25) is 0 Å². The molecule has 0 aliphatic heterocycles. The van der Waals surface area contributed by atoms with Gasteiger partial charge >= 0.3 is 6.01 Å². The fourth-order valence-corrected chi connectivity index (χ4v) is 2.29. The molecule has 0 aliphatic carbocycles. The Labute approximate surface area is 127 Å². The number of amides is 1. The van der Waals surface area contributed by atoms with Crippen molar-refractivity contribution in [3.05, 3.63) is 41.0 Å². The maximum Gasteiger partial charge on any atom is 0.302 e. The molecule has 0 fully saturated rings. The molecule has 1 amide bonds. The number of fused-ring (bicyclic) bond motifs is 1. The Hall–Kier alpha value is -2.76. The van der Waals surface area contributed by atoms with E-state index in [2.05, 4.69) is 10.3 Å². The van der Waals surface area contributed by atoms with E-state index in [0.29, 0.717) is 33.8 Å². The second-order valence-corrected chi connectivity index (χ2v) is 5.01. The van der Waals surface area contributed by atoms with Gasteiger partial charge in [0, 0.05) is 5.39 Å². The Morgan fingerprint density at radius 2 is 1.95 bits per heavy atom. The van der Waals surface area contributed by atoms with Crippen molar-refractivity contribution in [1.82, 2.24) is 4.98 Å². The monoisotopic (exact) mass is 300 g/mol. The molecule has 1 N–H and O–H groups in total. The van der Waals surface area contributed by atoms with Gasteiger partial charge in [0.25, 0.3) is 5.91 Å². The first kappa shape index (κ1) is 14.2. The van der Waals surface area contributed by atoms with Gasteiger partial charge in [-0.15, -0.1) is 0 Å². The zero-order chi connectivity index (χ0) is 15.9. The van der Waals surface area contributed by atoms with Crippen LogP contribution >= 0.6 is 0 Å². The van der Waals surface area contributed by atoms with Crippen molar-refractivity contribution in [1.29, 1.82) is 0 Å². The predicted molar refractivity (Wildman–Crippen MR) is 81.4 cm³/mol. The van der Waals surface area contributed by atoms with Gasteiger partial charge in [0.05, 0.1) is 18.4 Å². The summed E-state index contributed by atoms with van der Waals surface area (Å²) in [4.78, 5) is 16.7. The molecule has 2 heterocycles. The van der Waals surface area contributed by atoms with E-state index in [0.717, 1.165) is 5.69 Å². The molecule has 2 aromatic heterocycles. The van der Waals surface area contributed by atoms with Gasteiger partial charge in [-0.3, -0.25) is 10.1 Å². The van der Waals surface area contributed by atoms with E-state index >= 15 is 0 Å². The van der Waals surface area contributed by atoms with Crippen LogP contribution in [0.15, 0.2) is 27.0 Å². The number of oxazole rings is 1. The van der Waals surface area contributed by atoms with Gasteiger partial charge in [0.15, 0.2) is 0 Å². The van der Waals surface area contributed by atoms with E-state index in [4.69, 9.17) is 13.6 Å². The van der Waals surface area contributed by atoms with Crippen molar-refractivity contribution in [2.45, 2.75) is 20.8 Å². The first-order valence-electron chi connectivity index (χ1n) is 6.82. The first-order chi connectivity index (χ1) is 10.5. The lowest BCUT2D eigenvalue weighted by molar-refractivity contribution is 0.102. The molecule has 114 valence electrons. The van der Waals surface area contributed by atoms with Crippen LogP contribution < -0.4 is 10.1 Å². The number of aryl methyl sites for hydroxylation is 3. The topological polar surface area (TPSA) is 77.5 Å². The minimum absolute atomic E-state index is 0.177. The Kier molecular flexibility index (Phi) is 3.36. The third-order valence-electron chi connectivity index (χ3n) is 3.55. The van der Waals surface area contributed by atoms with Crippen molar-refractivity contribution in [3.63, 3.8) is 0 Å². The lowest BCUT2D eigenvalue weighted by atomic mass is 10.1. The highest BCUT2D eigenvalue weighted by Crippen LogP contribution is 2.29. The summed E-state index contributed by atoms with van der Waals surface area (Å²) in [6.45, 7) is 5.35. The minimum Gasteiger partial charge on any atom is -0.497 e. The van der Waals surface area contributed by atoms with Gasteiger partial charge in [-0.05, 0) is 39.0 Å². The summed E-state index contributed by atoms with van der Waals surface area (Å²) in [6.07, 6.45) is 0. The molecule has 0 radical (unpaired) electrons. The number of carbonyl (C=O) groups excluding carboxylic acids is 1. The smallest absolute Gasteiger partial charge is 0.302 e. The number of methoxy groups -OCH3 is 1. The minimum atomic E-state index is -0.328. The molecule has 3 aromatic rings. The number of carbonyl (C=O) groups is 1. The van der Waals surface area contributed by atoms with Crippen molar-refractivity contribution in [3.8, 4) is 5.75 Å². The number of furan rings is 1. The van der Waals surface area contributed by atoms with Gasteiger partial charge in [-0.2, -0.15) is 4.98 Å². The third kappa shape index (κ3) is 2.32. The molecule has 0 saturated carbocycles. The highest BCUT2D eigenvalue weighted by Gasteiger charge is 2.20. The molecule has 6 nitrogen and oxygen atoms in total. The normalized spacial score (nSPS) is 10.9. The summed E-state index contributed by atoms with van der Waals surface area (Å²) in [5, 5.41) is 3.35. The molecular formula is C16H16N2O4. The van der Waals surface area contributed by atoms with Crippen LogP contribution in [-0.4, -0.2) is 18.0 Å². The molecule has 1 aromatic carbocycles. The summed E-state index contributed by atoms with van der Waals surface area (Å²) in [7, 11) is 1.58. The SMILES string of the molecule is COc1ccc2oc(C)c(C(=O)Nc3nc(C)c(C)o3)c2c1. The number of benzene rings is 1. The molecule has 6 heteroatoms. The van der Waals surface area contributed by atoms with Crippen molar-refractivity contribution < 1.29 is 18.4 Å². The van der Waals surface area contributed by atoms with Crippen LogP contribution in [0.3, 0.4) is 0 Å². The number of nitrogens with zero attached hydrogens (tertiary/aromatic N) is 1. The molecule has 22 heavy (non-hydrogen) atoms. The zero-order valence-corrected chi connectivity index (χ0v) is 12.8. The van der Waals surface area contributed by atoms with Gasteiger partial charge in [-0.1, -0.05) is 0 Å². The summed E-state index contributed by atoms with van der Waals surface area (Å²) in [5.74, 6) is 1.53. The van der Waals surface area contributed by atoms with Crippen molar-refractivity contribution in [2.75, 3.05) is 12.4 Å². The largest absolute Gasteiger partial charge is 0.497 e. The number of ether oxygens (including phenoxy) is 1. The van der Waals surface area contributed by atoms with E-state index in [-0.39, 0.29) is 11.9 Å². The Morgan fingerprint density at radius 1 is 1.18 bits per heavy atom. The van der Waals surface area contributed by atoms with E-state index in [1.165, 1.54) is 0 Å². The lowest BCUT2D eigenvalue weighted by Crippen LogP contribution is -2.12. The van der Waals surface area contributed by atoms with Gasteiger partial charge in [0.2, 0.25) is 0 Å². The number of anilines is 1. The van der Waals surface area contributed by atoms with Crippen LogP contribution in [0, 0.1) is 20.8 Å². The number of hydrogen-bond acceptors (Lipinski definition) is 5. The molecule has 0 atom stereocenters. The summed E-state index contributed by atoms with van der Waals surface area (Å²) in [5.41, 5.74) is 1.82. The van der Waals surface area contributed by atoms with Gasteiger partial charge in [-0.25, -0.2) is 0 Å². The molecule has 3 rings (SSSR count). The van der Waals surface area contributed by atoms with Crippen molar-refractivity contribution >= 4 is 22.9 Å². The average molecular weight is 300 g/mol. The van der Waals surface area contributed by atoms with Crippen molar-refractivity contribution in [2.24, 2.45) is 0 Å². The summed E-state index contributed by atoms with van der Waals surface area (Å²) >= 11 is 0.